The van der Waals surface area contributed by atoms with Gasteiger partial charge in [-0.25, -0.2) is 0 Å². The highest BCUT2D eigenvalue weighted by Crippen LogP contribution is 2.07. The molecule has 0 N–H and O–H groups in total. The van der Waals surface area contributed by atoms with Crippen LogP contribution in [0.3, 0.4) is 0 Å². The van der Waals surface area contributed by atoms with Crippen LogP contribution in [0.1, 0.15) is 0 Å². The third-order valence-electron chi connectivity index (χ3n) is 0.770. The van der Waals surface area contributed by atoms with E-state index >= 15 is 0 Å². The first kappa shape index (κ1) is 5.52. The van der Waals surface area contributed by atoms with Gasteiger partial charge in [0.05, 0.1) is 15.7 Å². The Morgan fingerprint density at radius 3 is 2.88 bits per heavy atom. The summed E-state index contributed by atoms with van der Waals surface area (Å²) in [5.41, 5.74) is 0. The van der Waals surface area contributed by atoms with Gasteiger partial charge in [-0.1, -0.05) is 0 Å². The SMILES string of the molecule is POc1cccnc1. The van der Waals surface area contributed by atoms with Crippen LogP contribution in [0.25, 0.3) is 0 Å². The standard InChI is InChI=1S/C5H6NOP/c8-7-5-2-1-3-6-4-5/h1-4H,8H2. The van der Waals surface area contributed by atoms with Crippen LogP contribution in [-0.2, 0) is 0 Å². The van der Waals surface area contributed by atoms with Crippen LogP contribution in [0.15, 0.2) is 24.5 Å². The first-order chi connectivity index (χ1) is 3.93. The lowest BCUT2D eigenvalue weighted by Gasteiger charge is -1.92. The van der Waals surface area contributed by atoms with Crippen LogP contribution in [0.2, 0.25) is 0 Å². The van der Waals surface area contributed by atoms with E-state index < -0.39 is 0 Å². The van der Waals surface area contributed by atoms with Crippen LogP contribution in [0.5, 0.6) is 5.75 Å². The molecule has 1 rings (SSSR count). The quantitative estimate of drug-likeness (QED) is 0.529. The third-order valence-corrected chi connectivity index (χ3v) is 1.04. The van der Waals surface area contributed by atoms with Gasteiger partial charge in [-0.2, -0.15) is 0 Å². The van der Waals surface area contributed by atoms with E-state index in [0.29, 0.717) is 0 Å². The fraction of sp³-hybridized carbons (Fsp3) is 0. The number of pyridine rings is 1. The molecule has 2 nitrogen and oxygen atoms in total. The molecule has 0 saturated carbocycles. The van der Waals surface area contributed by atoms with Crippen molar-refractivity contribution in [2.45, 2.75) is 0 Å². The average molecular weight is 127 g/mol. The Morgan fingerprint density at radius 2 is 2.50 bits per heavy atom. The summed E-state index contributed by atoms with van der Waals surface area (Å²) >= 11 is 0. The summed E-state index contributed by atoms with van der Waals surface area (Å²) < 4.78 is 4.77. The molecule has 0 aromatic carbocycles. The molecule has 0 spiro atoms. The molecular weight excluding hydrogens is 121 g/mol. The van der Waals surface area contributed by atoms with Crippen molar-refractivity contribution >= 4 is 9.47 Å². The number of rotatable bonds is 1. The first-order valence-corrected chi connectivity index (χ1v) is 2.67. The van der Waals surface area contributed by atoms with E-state index in [1.165, 1.54) is 0 Å². The van der Waals surface area contributed by atoms with Gasteiger partial charge in [0.15, 0.2) is 0 Å². The molecule has 0 amide bonds. The maximum absolute atomic E-state index is 4.77. The van der Waals surface area contributed by atoms with Gasteiger partial charge in [-0.05, 0) is 12.1 Å². The summed E-state index contributed by atoms with van der Waals surface area (Å²) in [6.07, 6.45) is 3.35. The van der Waals surface area contributed by atoms with Crippen molar-refractivity contribution in [1.29, 1.82) is 0 Å². The maximum atomic E-state index is 4.77. The van der Waals surface area contributed by atoms with Crippen LogP contribution >= 0.6 is 9.47 Å². The van der Waals surface area contributed by atoms with Gasteiger partial charge in [0.25, 0.3) is 0 Å². The second-order valence-corrected chi connectivity index (χ2v) is 1.54. The topological polar surface area (TPSA) is 22.1 Å². The number of hydrogen-bond donors (Lipinski definition) is 0. The van der Waals surface area contributed by atoms with Crippen LogP contribution in [-0.4, -0.2) is 4.98 Å². The van der Waals surface area contributed by atoms with Crippen molar-refractivity contribution in [3.05, 3.63) is 24.5 Å². The Balaban J connectivity index is 2.83. The molecule has 1 heterocycles. The fourth-order valence-corrected chi connectivity index (χ4v) is 0.556. The zero-order valence-corrected chi connectivity index (χ0v) is 5.40. The highest BCUT2D eigenvalue weighted by molar-refractivity contribution is 7.10. The van der Waals surface area contributed by atoms with Crippen LogP contribution in [0.4, 0.5) is 0 Å². The minimum absolute atomic E-state index is 0.762. The molecule has 42 valence electrons. The predicted octanol–water partition coefficient (Wildman–Crippen LogP) is 1.25. The molecule has 1 unspecified atom stereocenters. The zero-order valence-electron chi connectivity index (χ0n) is 4.24. The monoisotopic (exact) mass is 127 g/mol. The molecule has 0 aliphatic rings. The van der Waals surface area contributed by atoms with E-state index in [4.69, 9.17) is 4.52 Å². The highest BCUT2D eigenvalue weighted by Gasteiger charge is 1.81. The molecule has 0 fully saturated rings. The third kappa shape index (κ3) is 1.17. The Kier molecular flexibility index (Phi) is 1.81. The minimum Gasteiger partial charge on any atom is -0.479 e. The van der Waals surface area contributed by atoms with Gasteiger partial charge in [0.2, 0.25) is 0 Å². The lowest BCUT2D eigenvalue weighted by molar-refractivity contribution is 0.642. The van der Waals surface area contributed by atoms with Crippen molar-refractivity contribution in [2.24, 2.45) is 0 Å². The van der Waals surface area contributed by atoms with E-state index in [0.717, 1.165) is 5.75 Å². The minimum atomic E-state index is 0.762. The molecule has 1 aromatic heterocycles. The average Bonchev–Trinajstić information content (AvgIpc) is 1.90. The summed E-state index contributed by atoms with van der Waals surface area (Å²) in [6.45, 7) is 0. The molecule has 3 heteroatoms. The molecule has 0 aliphatic carbocycles. The lowest BCUT2D eigenvalue weighted by Crippen LogP contribution is -1.72. The van der Waals surface area contributed by atoms with Crippen molar-refractivity contribution in [3.8, 4) is 5.75 Å². The van der Waals surface area contributed by atoms with Crippen molar-refractivity contribution in [2.75, 3.05) is 0 Å². The second-order valence-electron chi connectivity index (χ2n) is 1.31. The smallest absolute Gasteiger partial charge is 0.140 e. The maximum Gasteiger partial charge on any atom is 0.140 e. The molecule has 1 aromatic rings. The predicted molar refractivity (Wildman–Crippen MR) is 34.6 cm³/mol. The van der Waals surface area contributed by atoms with Gasteiger partial charge < -0.3 is 4.52 Å². The summed E-state index contributed by atoms with van der Waals surface area (Å²) in [5.74, 6) is 0.762. The van der Waals surface area contributed by atoms with E-state index in [1.54, 1.807) is 12.4 Å². The zero-order chi connectivity index (χ0) is 5.82. The normalized spacial score (nSPS) is 8.62. The number of aromatic nitrogens is 1. The molecule has 0 saturated heterocycles. The molecule has 1 atom stereocenters. The molecule has 0 bridgehead atoms. The molecule has 8 heavy (non-hydrogen) atoms. The Morgan fingerprint density at radius 1 is 1.62 bits per heavy atom. The van der Waals surface area contributed by atoms with Crippen molar-refractivity contribution < 1.29 is 4.52 Å². The molecule has 0 aliphatic heterocycles. The lowest BCUT2D eigenvalue weighted by atomic mass is 10.5. The summed E-state index contributed by atoms with van der Waals surface area (Å²) in [5, 5.41) is 0. The van der Waals surface area contributed by atoms with Gasteiger partial charge in [0, 0.05) is 6.20 Å². The highest BCUT2D eigenvalue weighted by atomic mass is 31.0. The Labute approximate surface area is 50.2 Å². The summed E-state index contributed by atoms with van der Waals surface area (Å²) in [6, 6.07) is 3.65. The Hall–Kier alpha value is -0.620. The van der Waals surface area contributed by atoms with E-state index in [1.807, 2.05) is 12.1 Å². The van der Waals surface area contributed by atoms with Gasteiger partial charge >= 0.3 is 0 Å². The van der Waals surface area contributed by atoms with Gasteiger partial charge in [-0.15, -0.1) is 0 Å². The number of hydrogen-bond acceptors (Lipinski definition) is 2. The van der Waals surface area contributed by atoms with Crippen LogP contribution < -0.4 is 4.52 Å². The summed E-state index contributed by atoms with van der Waals surface area (Å²) in [7, 11) is 2.15. The fourth-order valence-electron chi connectivity index (χ4n) is 0.417. The molecular formula is C5H6NOP. The van der Waals surface area contributed by atoms with Gasteiger partial charge in [0.1, 0.15) is 5.75 Å². The Bertz CT molecular complexity index is 154. The van der Waals surface area contributed by atoms with Crippen LogP contribution in [0, 0.1) is 0 Å². The number of nitrogens with zero attached hydrogens (tertiary/aromatic N) is 1. The van der Waals surface area contributed by atoms with E-state index in [2.05, 4.69) is 14.5 Å². The van der Waals surface area contributed by atoms with Crippen molar-refractivity contribution in [1.82, 2.24) is 4.98 Å². The van der Waals surface area contributed by atoms with E-state index in [-0.39, 0.29) is 0 Å². The first-order valence-electron chi connectivity index (χ1n) is 2.20. The largest absolute Gasteiger partial charge is 0.479 e. The second kappa shape index (κ2) is 2.63. The summed E-state index contributed by atoms with van der Waals surface area (Å²) in [4.78, 5) is 3.82. The van der Waals surface area contributed by atoms with E-state index in [9.17, 15) is 0 Å². The molecule has 0 radical (unpaired) electrons. The van der Waals surface area contributed by atoms with Gasteiger partial charge in [-0.3, -0.25) is 4.98 Å². The van der Waals surface area contributed by atoms with Crippen molar-refractivity contribution in [3.63, 3.8) is 0 Å².